The quantitative estimate of drug-likeness (QED) is 0.806. The van der Waals surface area contributed by atoms with E-state index in [2.05, 4.69) is 45.7 Å². The predicted octanol–water partition coefficient (Wildman–Crippen LogP) is 3.15. The number of anilines is 1. The van der Waals surface area contributed by atoms with E-state index in [9.17, 15) is 0 Å². The normalized spacial score (nSPS) is 17.6. The van der Waals surface area contributed by atoms with Gasteiger partial charge in [0, 0.05) is 43.8 Å². The van der Waals surface area contributed by atoms with Gasteiger partial charge in [0.05, 0.1) is 0 Å². The lowest BCUT2D eigenvalue weighted by atomic mass is 10.3. The molecular formula is C15H25N3S. The number of unbranched alkanes of at least 4 members (excludes halogenated alkanes) is 1. The van der Waals surface area contributed by atoms with E-state index >= 15 is 0 Å². The molecule has 106 valence electrons. The van der Waals surface area contributed by atoms with E-state index in [1.165, 1.54) is 56.1 Å². The highest BCUT2D eigenvalue weighted by molar-refractivity contribution is 7.97. The Labute approximate surface area is 121 Å². The average Bonchev–Trinajstić information content (AvgIpc) is 2.47. The molecule has 1 heterocycles. The molecule has 1 aliphatic rings. The third-order valence-electron chi connectivity index (χ3n) is 3.54. The van der Waals surface area contributed by atoms with Gasteiger partial charge in [-0.25, -0.2) is 4.31 Å². The SMILES string of the molecule is CCCCN1CCN(Sc2ccc(NC)cc2)CC1. The first-order valence-corrected chi connectivity index (χ1v) is 8.02. The van der Waals surface area contributed by atoms with Crippen molar-refractivity contribution in [3.8, 4) is 0 Å². The van der Waals surface area contributed by atoms with Crippen LogP contribution in [0.2, 0.25) is 0 Å². The Balaban J connectivity index is 1.75. The summed E-state index contributed by atoms with van der Waals surface area (Å²) in [5, 5.41) is 3.15. The van der Waals surface area contributed by atoms with Gasteiger partial charge in [-0.1, -0.05) is 13.3 Å². The van der Waals surface area contributed by atoms with Crippen molar-refractivity contribution >= 4 is 17.6 Å². The maximum atomic E-state index is 3.15. The lowest BCUT2D eigenvalue weighted by Gasteiger charge is -2.33. The largest absolute Gasteiger partial charge is 0.388 e. The van der Waals surface area contributed by atoms with Gasteiger partial charge in [-0.2, -0.15) is 0 Å². The molecule has 4 heteroatoms. The van der Waals surface area contributed by atoms with Crippen molar-refractivity contribution < 1.29 is 0 Å². The molecule has 0 aromatic heterocycles. The van der Waals surface area contributed by atoms with E-state index in [-0.39, 0.29) is 0 Å². The summed E-state index contributed by atoms with van der Waals surface area (Å²) in [7, 11) is 1.96. The van der Waals surface area contributed by atoms with Gasteiger partial charge in [-0.3, -0.25) is 0 Å². The number of rotatable bonds is 6. The standard InChI is InChI=1S/C15H25N3S/c1-3-4-9-17-10-12-18(13-11-17)19-15-7-5-14(16-2)6-8-15/h5-8,16H,3-4,9-13H2,1-2H3. The molecule has 0 saturated carbocycles. The minimum atomic E-state index is 1.17. The lowest BCUT2D eigenvalue weighted by molar-refractivity contribution is 0.194. The van der Waals surface area contributed by atoms with Crippen molar-refractivity contribution in [2.75, 3.05) is 45.1 Å². The maximum absolute atomic E-state index is 3.15. The van der Waals surface area contributed by atoms with Crippen LogP contribution in [-0.2, 0) is 0 Å². The summed E-state index contributed by atoms with van der Waals surface area (Å²) in [4.78, 5) is 3.92. The zero-order valence-electron chi connectivity index (χ0n) is 12.1. The van der Waals surface area contributed by atoms with Crippen LogP contribution in [0.1, 0.15) is 19.8 Å². The second-order valence-electron chi connectivity index (χ2n) is 4.99. The third kappa shape index (κ3) is 4.71. The van der Waals surface area contributed by atoms with E-state index in [0.29, 0.717) is 0 Å². The summed E-state index contributed by atoms with van der Waals surface area (Å²) in [5.74, 6) is 0. The summed E-state index contributed by atoms with van der Waals surface area (Å²) < 4.78 is 2.48. The minimum absolute atomic E-state index is 1.17. The second kappa shape index (κ2) is 7.78. The Hall–Kier alpha value is -0.710. The van der Waals surface area contributed by atoms with E-state index in [1.54, 1.807) is 0 Å². The molecule has 1 aromatic carbocycles. The Bertz CT molecular complexity index is 358. The molecule has 1 aromatic rings. The molecule has 0 aliphatic carbocycles. The van der Waals surface area contributed by atoms with Gasteiger partial charge in [0.1, 0.15) is 0 Å². The van der Waals surface area contributed by atoms with Crippen molar-refractivity contribution in [2.45, 2.75) is 24.7 Å². The fraction of sp³-hybridized carbons (Fsp3) is 0.600. The van der Waals surface area contributed by atoms with Crippen LogP contribution in [0, 0.1) is 0 Å². The van der Waals surface area contributed by atoms with E-state index in [4.69, 9.17) is 0 Å². The molecule has 1 N–H and O–H groups in total. The first-order valence-electron chi connectivity index (χ1n) is 7.25. The molecule has 3 nitrogen and oxygen atoms in total. The molecule has 2 rings (SSSR count). The highest BCUT2D eigenvalue weighted by Gasteiger charge is 2.16. The van der Waals surface area contributed by atoms with Gasteiger partial charge in [0.25, 0.3) is 0 Å². The number of piperazine rings is 1. The van der Waals surface area contributed by atoms with E-state index < -0.39 is 0 Å². The van der Waals surface area contributed by atoms with Gasteiger partial charge in [-0.15, -0.1) is 0 Å². The van der Waals surface area contributed by atoms with Crippen LogP contribution in [0.3, 0.4) is 0 Å². The zero-order chi connectivity index (χ0) is 13.5. The molecule has 0 unspecified atom stereocenters. The molecule has 1 aliphatic heterocycles. The van der Waals surface area contributed by atoms with Gasteiger partial charge in [0.2, 0.25) is 0 Å². The van der Waals surface area contributed by atoms with Crippen LogP contribution in [0.15, 0.2) is 29.2 Å². The van der Waals surface area contributed by atoms with Crippen molar-refractivity contribution in [1.29, 1.82) is 0 Å². The predicted molar refractivity (Wildman–Crippen MR) is 84.8 cm³/mol. The molecule has 0 radical (unpaired) electrons. The summed E-state index contributed by atoms with van der Waals surface area (Å²) >= 11 is 1.89. The molecule has 1 fully saturated rings. The van der Waals surface area contributed by atoms with Gasteiger partial charge in [-0.05, 0) is 49.2 Å². The summed E-state index contributed by atoms with van der Waals surface area (Å²) in [6.07, 6.45) is 2.63. The Morgan fingerprint density at radius 1 is 1.11 bits per heavy atom. The zero-order valence-corrected chi connectivity index (χ0v) is 12.9. The Morgan fingerprint density at radius 3 is 2.37 bits per heavy atom. The first kappa shape index (κ1) is 14.7. The fourth-order valence-corrected chi connectivity index (χ4v) is 3.16. The molecule has 19 heavy (non-hydrogen) atoms. The average molecular weight is 279 g/mol. The topological polar surface area (TPSA) is 18.5 Å². The van der Waals surface area contributed by atoms with Crippen molar-refractivity contribution in [3.05, 3.63) is 24.3 Å². The fourth-order valence-electron chi connectivity index (χ4n) is 2.26. The summed E-state index contributed by atoms with van der Waals surface area (Å²) in [6, 6.07) is 8.67. The Morgan fingerprint density at radius 2 is 1.79 bits per heavy atom. The van der Waals surface area contributed by atoms with Crippen molar-refractivity contribution in [1.82, 2.24) is 9.21 Å². The second-order valence-corrected chi connectivity index (χ2v) is 6.16. The number of benzene rings is 1. The number of nitrogens with zero attached hydrogens (tertiary/aromatic N) is 2. The minimum Gasteiger partial charge on any atom is -0.388 e. The first-order chi connectivity index (χ1) is 9.31. The summed E-state index contributed by atoms with van der Waals surface area (Å²) in [5.41, 5.74) is 1.17. The summed E-state index contributed by atoms with van der Waals surface area (Å²) in [6.45, 7) is 8.29. The van der Waals surface area contributed by atoms with Crippen LogP contribution in [0.25, 0.3) is 0 Å². The number of hydrogen-bond donors (Lipinski definition) is 1. The highest BCUT2D eigenvalue weighted by Crippen LogP contribution is 2.25. The molecule has 0 atom stereocenters. The van der Waals surface area contributed by atoms with Gasteiger partial charge >= 0.3 is 0 Å². The molecule has 0 spiro atoms. The van der Waals surface area contributed by atoms with Crippen molar-refractivity contribution in [3.63, 3.8) is 0 Å². The number of nitrogens with one attached hydrogen (secondary N) is 1. The van der Waals surface area contributed by atoms with Crippen LogP contribution >= 0.6 is 11.9 Å². The highest BCUT2D eigenvalue weighted by atomic mass is 32.2. The van der Waals surface area contributed by atoms with Crippen molar-refractivity contribution in [2.24, 2.45) is 0 Å². The Kier molecular flexibility index (Phi) is 6.01. The maximum Gasteiger partial charge on any atom is 0.0338 e. The third-order valence-corrected chi connectivity index (χ3v) is 4.64. The van der Waals surface area contributed by atoms with E-state index in [1.807, 2.05) is 19.0 Å². The van der Waals surface area contributed by atoms with Gasteiger partial charge in [0.15, 0.2) is 0 Å². The monoisotopic (exact) mass is 279 g/mol. The number of hydrogen-bond acceptors (Lipinski definition) is 4. The van der Waals surface area contributed by atoms with Crippen LogP contribution in [0.4, 0.5) is 5.69 Å². The van der Waals surface area contributed by atoms with Gasteiger partial charge < -0.3 is 10.2 Å². The molecule has 0 bridgehead atoms. The molecule has 1 saturated heterocycles. The van der Waals surface area contributed by atoms with Crippen LogP contribution in [-0.4, -0.2) is 49.0 Å². The smallest absolute Gasteiger partial charge is 0.0338 e. The molecule has 0 amide bonds. The lowest BCUT2D eigenvalue weighted by Crippen LogP contribution is -2.43. The van der Waals surface area contributed by atoms with E-state index in [0.717, 1.165) is 0 Å². The van der Waals surface area contributed by atoms with Crippen LogP contribution < -0.4 is 5.32 Å². The molecular weight excluding hydrogens is 254 g/mol. The van der Waals surface area contributed by atoms with Crippen LogP contribution in [0.5, 0.6) is 0 Å².